The Hall–Kier alpha value is -1.06. The average Bonchev–Trinajstić information content (AvgIpc) is 2.67. The third kappa shape index (κ3) is 3.47. The summed E-state index contributed by atoms with van der Waals surface area (Å²) >= 11 is 0. The molecule has 1 heterocycles. The lowest BCUT2D eigenvalue weighted by molar-refractivity contribution is 0.284. The molecule has 0 spiro atoms. The molecular formula is C15H24N2O. The lowest BCUT2D eigenvalue weighted by atomic mass is 10.1. The molecular weight excluding hydrogens is 224 g/mol. The van der Waals surface area contributed by atoms with Crippen LogP contribution < -0.4 is 10.1 Å². The maximum Gasteiger partial charge on any atom is 0.122 e. The fraction of sp³-hybridized carbons (Fsp3) is 0.600. The molecule has 18 heavy (non-hydrogen) atoms. The molecule has 0 unspecified atom stereocenters. The number of nitrogens with zero attached hydrogens (tertiary/aromatic N) is 1. The zero-order valence-electron chi connectivity index (χ0n) is 11.5. The Balaban J connectivity index is 2.03. The second-order valence-electron chi connectivity index (χ2n) is 4.88. The molecule has 1 saturated heterocycles. The molecule has 0 atom stereocenters. The molecule has 1 aromatic carbocycles. The first-order valence-corrected chi connectivity index (χ1v) is 6.92. The highest BCUT2D eigenvalue weighted by atomic mass is 16.5. The van der Waals surface area contributed by atoms with E-state index < -0.39 is 0 Å². The van der Waals surface area contributed by atoms with E-state index in [2.05, 4.69) is 35.3 Å². The summed E-state index contributed by atoms with van der Waals surface area (Å²) in [7, 11) is 1.74. The van der Waals surface area contributed by atoms with Crippen molar-refractivity contribution in [2.24, 2.45) is 0 Å². The summed E-state index contributed by atoms with van der Waals surface area (Å²) in [5, 5.41) is 3.44. The number of hydrogen-bond donors (Lipinski definition) is 1. The van der Waals surface area contributed by atoms with E-state index in [1.54, 1.807) is 7.11 Å². The van der Waals surface area contributed by atoms with Crippen molar-refractivity contribution in [1.82, 2.24) is 10.2 Å². The highest BCUT2D eigenvalue weighted by Gasteiger charge is 2.10. The molecule has 1 aliphatic heterocycles. The predicted octanol–water partition coefficient (Wildman–Crippen LogP) is 2.05. The fourth-order valence-corrected chi connectivity index (χ4v) is 2.52. The monoisotopic (exact) mass is 248 g/mol. The minimum atomic E-state index is 1.01. The number of rotatable bonds is 4. The highest BCUT2D eigenvalue weighted by Crippen LogP contribution is 2.21. The summed E-state index contributed by atoms with van der Waals surface area (Å²) in [4.78, 5) is 2.53. The summed E-state index contributed by atoms with van der Waals surface area (Å²) in [6, 6.07) is 6.58. The summed E-state index contributed by atoms with van der Waals surface area (Å²) in [6.45, 7) is 7.83. The number of ether oxygens (including phenoxy) is 1. The van der Waals surface area contributed by atoms with Gasteiger partial charge >= 0.3 is 0 Å². The molecule has 3 nitrogen and oxygen atoms in total. The van der Waals surface area contributed by atoms with Crippen LogP contribution in [-0.2, 0) is 13.0 Å². The van der Waals surface area contributed by atoms with Gasteiger partial charge in [-0.2, -0.15) is 0 Å². The Bertz CT molecular complexity index is 371. The molecule has 0 aromatic heterocycles. The van der Waals surface area contributed by atoms with Crippen molar-refractivity contribution in [1.29, 1.82) is 0 Å². The molecule has 3 heteroatoms. The number of hydrogen-bond acceptors (Lipinski definition) is 3. The molecule has 2 rings (SSSR count). The Labute approximate surface area is 110 Å². The molecule has 1 aliphatic rings. The first-order chi connectivity index (χ1) is 8.83. The van der Waals surface area contributed by atoms with Gasteiger partial charge in [-0.15, -0.1) is 0 Å². The summed E-state index contributed by atoms with van der Waals surface area (Å²) in [6.07, 6.45) is 2.27. The van der Waals surface area contributed by atoms with E-state index >= 15 is 0 Å². The van der Waals surface area contributed by atoms with E-state index in [0.717, 1.165) is 38.3 Å². The minimum absolute atomic E-state index is 1.01. The van der Waals surface area contributed by atoms with E-state index in [1.807, 2.05) is 0 Å². The molecule has 1 aromatic rings. The standard InChI is InChI=1S/C15H24N2O/c1-3-14-11-13(5-6-15(14)18-2)12-17-9-4-7-16-8-10-17/h5-6,11,16H,3-4,7-10,12H2,1-2H3. The van der Waals surface area contributed by atoms with Crippen molar-refractivity contribution < 1.29 is 4.74 Å². The first kappa shape index (κ1) is 13.4. The number of methoxy groups -OCH3 is 1. The number of nitrogens with one attached hydrogen (secondary N) is 1. The second kappa shape index (κ2) is 6.76. The van der Waals surface area contributed by atoms with Crippen molar-refractivity contribution >= 4 is 0 Å². The maximum absolute atomic E-state index is 5.38. The van der Waals surface area contributed by atoms with Gasteiger partial charge in [0.25, 0.3) is 0 Å². The molecule has 1 N–H and O–H groups in total. The van der Waals surface area contributed by atoms with Crippen LogP contribution in [0.25, 0.3) is 0 Å². The predicted molar refractivity (Wildman–Crippen MR) is 75.1 cm³/mol. The van der Waals surface area contributed by atoms with Crippen molar-refractivity contribution in [2.45, 2.75) is 26.3 Å². The third-order valence-electron chi connectivity index (χ3n) is 3.56. The third-order valence-corrected chi connectivity index (χ3v) is 3.56. The molecule has 0 radical (unpaired) electrons. The van der Waals surface area contributed by atoms with Crippen molar-refractivity contribution in [3.8, 4) is 5.75 Å². The van der Waals surface area contributed by atoms with Crippen LogP contribution in [0.3, 0.4) is 0 Å². The summed E-state index contributed by atoms with van der Waals surface area (Å²) in [5.74, 6) is 1.01. The highest BCUT2D eigenvalue weighted by molar-refractivity contribution is 5.37. The van der Waals surface area contributed by atoms with Gasteiger partial charge in [-0.25, -0.2) is 0 Å². The molecule has 100 valence electrons. The van der Waals surface area contributed by atoms with Crippen molar-refractivity contribution in [2.75, 3.05) is 33.3 Å². The maximum atomic E-state index is 5.38. The van der Waals surface area contributed by atoms with E-state index in [1.165, 1.54) is 24.1 Å². The number of benzene rings is 1. The van der Waals surface area contributed by atoms with Gasteiger partial charge in [0.15, 0.2) is 0 Å². The largest absolute Gasteiger partial charge is 0.496 e. The van der Waals surface area contributed by atoms with Crippen LogP contribution in [0.2, 0.25) is 0 Å². The average molecular weight is 248 g/mol. The zero-order chi connectivity index (χ0) is 12.8. The summed E-state index contributed by atoms with van der Waals surface area (Å²) in [5.41, 5.74) is 2.71. The van der Waals surface area contributed by atoms with Gasteiger partial charge in [-0.3, -0.25) is 4.90 Å². The van der Waals surface area contributed by atoms with Crippen LogP contribution in [0.15, 0.2) is 18.2 Å². The topological polar surface area (TPSA) is 24.5 Å². The fourth-order valence-electron chi connectivity index (χ4n) is 2.52. The normalized spacial score (nSPS) is 17.4. The van der Waals surface area contributed by atoms with Crippen molar-refractivity contribution in [3.05, 3.63) is 29.3 Å². The smallest absolute Gasteiger partial charge is 0.122 e. The SMILES string of the molecule is CCc1cc(CN2CCCNCC2)ccc1OC. The lowest BCUT2D eigenvalue weighted by Crippen LogP contribution is -2.27. The van der Waals surface area contributed by atoms with E-state index in [0.29, 0.717) is 0 Å². The van der Waals surface area contributed by atoms with Crippen molar-refractivity contribution in [3.63, 3.8) is 0 Å². The summed E-state index contributed by atoms with van der Waals surface area (Å²) < 4.78 is 5.38. The van der Waals surface area contributed by atoms with Gasteiger partial charge in [0, 0.05) is 19.6 Å². The Kier molecular flexibility index (Phi) is 5.02. The van der Waals surface area contributed by atoms with Gasteiger partial charge in [0.2, 0.25) is 0 Å². The molecule has 0 saturated carbocycles. The van der Waals surface area contributed by atoms with E-state index in [9.17, 15) is 0 Å². The Morgan fingerprint density at radius 1 is 1.28 bits per heavy atom. The molecule has 0 amide bonds. The van der Waals surface area contributed by atoms with Crippen LogP contribution >= 0.6 is 0 Å². The van der Waals surface area contributed by atoms with Gasteiger partial charge in [-0.05, 0) is 43.1 Å². The Morgan fingerprint density at radius 2 is 2.17 bits per heavy atom. The van der Waals surface area contributed by atoms with E-state index in [4.69, 9.17) is 4.74 Å². The second-order valence-corrected chi connectivity index (χ2v) is 4.88. The van der Waals surface area contributed by atoms with Crippen LogP contribution in [0.4, 0.5) is 0 Å². The molecule has 1 fully saturated rings. The number of aryl methyl sites for hydroxylation is 1. The first-order valence-electron chi connectivity index (χ1n) is 6.92. The van der Waals surface area contributed by atoms with Crippen LogP contribution in [0, 0.1) is 0 Å². The minimum Gasteiger partial charge on any atom is -0.496 e. The lowest BCUT2D eigenvalue weighted by Gasteiger charge is -2.20. The zero-order valence-corrected chi connectivity index (χ0v) is 11.5. The quantitative estimate of drug-likeness (QED) is 0.882. The van der Waals surface area contributed by atoms with Gasteiger partial charge in [-0.1, -0.05) is 19.1 Å². The van der Waals surface area contributed by atoms with Gasteiger partial charge in [0.05, 0.1) is 7.11 Å². The molecule has 0 bridgehead atoms. The van der Waals surface area contributed by atoms with Crippen LogP contribution in [0.1, 0.15) is 24.5 Å². The van der Waals surface area contributed by atoms with Gasteiger partial charge in [0.1, 0.15) is 5.75 Å². The van der Waals surface area contributed by atoms with Gasteiger partial charge < -0.3 is 10.1 Å². The van der Waals surface area contributed by atoms with E-state index in [-0.39, 0.29) is 0 Å². The van der Waals surface area contributed by atoms with Crippen LogP contribution in [0.5, 0.6) is 5.75 Å². The Morgan fingerprint density at radius 3 is 2.94 bits per heavy atom. The van der Waals surface area contributed by atoms with Crippen LogP contribution in [-0.4, -0.2) is 38.2 Å². The molecule has 0 aliphatic carbocycles.